The van der Waals surface area contributed by atoms with Crippen molar-refractivity contribution in [3.63, 3.8) is 0 Å². The maximum atomic E-state index is 5.68. The van der Waals surface area contributed by atoms with Crippen LogP contribution in [-0.2, 0) is 13.2 Å². The number of rotatable bonds is 5. The first-order valence-corrected chi connectivity index (χ1v) is 7.26. The van der Waals surface area contributed by atoms with Crippen molar-refractivity contribution in [2.75, 3.05) is 0 Å². The van der Waals surface area contributed by atoms with Crippen molar-refractivity contribution in [3.8, 4) is 5.75 Å². The Bertz CT molecular complexity index is 486. The van der Waals surface area contributed by atoms with Crippen molar-refractivity contribution < 1.29 is 4.74 Å². The number of ether oxygens (including phenoxy) is 1. The molecule has 0 bridgehead atoms. The molecule has 1 heterocycles. The third kappa shape index (κ3) is 5.01. The number of thiazole rings is 1. The fourth-order valence-corrected chi connectivity index (χ4v) is 2.07. The van der Waals surface area contributed by atoms with E-state index in [1.165, 1.54) is 5.56 Å². The SMILES string of the molecule is CC(C)(C)NCc1ccc(OCc2nccs2)cc1. The molecule has 0 amide bonds. The molecule has 0 unspecified atom stereocenters. The van der Waals surface area contributed by atoms with Gasteiger partial charge in [-0.2, -0.15) is 0 Å². The molecule has 4 heteroatoms. The standard InChI is InChI=1S/C15H20N2OS/c1-15(2,3)17-10-12-4-6-13(7-5-12)18-11-14-16-8-9-19-14/h4-9,17H,10-11H2,1-3H3. The zero-order valence-electron chi connectivity index (χ0n) is 11.6. The van der Waals surface area contributed by atoms with E-state index >= 15 is 0 Å². The van der Waals surface area contributed by atoms with Crippen LogP contribution in [0.2, 0.25) is 0 Å². The normalized spacial score (nSPS) is 11.5. The van der Waals surface area contributed by atoms with Crippen molar-refractivity contribution in [2.24, 2.45) is 0 Å². The predicted octanol–water partition coefficient (Wildman–Crippen LogP) is 3.61. The van der Waals surface area contributed by atoms with Gasteiger partial charge in [0.25, 0.3) is 0 Å². The molecule has 1 aromatic carbocycles. The molecule has 1 aromatic heterocycles. The fourth-order valence-electron chi connectivity index (χ4n) is 1.54. The molecule has 0 radical (unpaired) electrons. The first-order valence-electron chi connectivity index (χ1n) is 6.38. The zero-order chi connectivity index (χ0) is 13.7. The monoisotopic (exact) mass is 276 g/mol. The smallest absolute Gasteiger partial charge is 0.140 e. The molecule has 19 heavy (non-hydrogen) atoms. The highest BCUT2D eigenvalue weighted by molar-refractivity contribution is 7.09. The lowest BCUT2D eigenvalue weighted by atomic mass is 10.1. The summed E-state index contributed by atoms with van der Waals surface area (Å²) in [6.07, 6.45) is 1.80. The molecule has 102 valence electrons. The van der Waals surface area contributed by atoms with E-state index in [-0.39, 0.29) is 5.54 Å². The summed E-state index contributed by atoms with van der Waals surface area (Å²) < 4.78 is 5.68. The van der Waals surface area contributed by atoms with Crippen molar-refractivity contribution in [1.29, 1.82) is 0 Å². The largest absolute Gasteiger partial charge is 0.486 e. The topological polar surface area (TPSA) is 34.1 Å². The zero-order valence-corrected chi connectivity index (χ0v) is 12.5. The van der Waals surface area contributed by atoms with E-state index in [1.54, 1.807) is 17.5 Å². The molecule has 0 saturated carbocycles. The molecule has 0 spiro atoms. The van der Waals surface area contributed by atoms with E-state index in [2.05, 4.69) is 43.2 Å². The molecule has 3 nitrogen and oxygen atoms in total. The minimum atomic E-state index is 0.139. The van der Waals surface area contributed by atoms with Gasteiger partial charge in [0.15, 0.2) is 0 Å². The Labute approximate surface area is 118 Å². The van der Waals surface area contributed by atoms with Crippen LogP contribution < -0.4 is 10.1 Å². The average molecular weight is 276 g/mol. The molecule has 0 aliphatic rings. The van der Waals surface area contributed by atoms with Gasteiger partial charge in [0, 0.05) is 23.7 Å². The number of nitrogens with zero attached hydrogens (tertiary/aromatic N) is 1. The number of hydrogen-bond donors (Lipinski definition) is 1. The number of nitrogens with one attached hydrogen (secondary N) is 1. The molecular formula is C15H20N2OS. The van der Waals surface area contributed by atoms with Gasteiger partial charge < -0.3 is 10.1 Å². The summed E-state index contributed by atoms with van der Waals surface area (Å²) in [5.41, 5.74) is 1.40. The third-order valence-corrected chi connectivity index (χ3v) is 3.35. The van der Waals surface area contributed by atoms with Gasteiger partial charge >= 0.3 is 0 Å². The molecule has 2 aromatic rings. The molecule has 0 aliphatic heterocycles. The van der Waals surface area contributed by atoms with E-state index < -0.39 is 0 Å². The first kappa shape index (κ1) is 14.0. The van der Waals surface area contributed by atoms with Crippen LogP contribution in [0, 0.1) is 0 Å². The van der Waals surface area contributed by atoms with Crippen LogP contribution in [0.3, 0.4) is 0 Å². The van der Waals surface area contributed by atoms with Gasteiger partial charge in [0.05, 0.1) is 0 Å². The van der Waals surface area contributed by atoms with Crippen LogP contribution in [0.4, 0.5) is 0 Å². The molecular weight excluding hydrogens is 256 g/mol. The Hall–Kier alpha value is -1.39. The van der Waals surface area contributed by atoms with Crippen LogP contribution in [0.25, 0.3) is 0 Å². The van der Waals surface area contributed by atoms with E-state index in [0.29, 0.717) is 6.61 Å². The Morgan fingerprint density at radius 2 is 1.95 bits per heavy atom. The van der Waals surface area contributed by atoms with Gasteiger partial charge in [-0.05, 0) is 38.5 Å². The molecule has 0 aliphatic carbocycles. The lowest BCUT2D eigenvalue weighted by Crippen LogP contribution is -2.34. The first-order chi connectivity index (χ1) is 9.03. The summed E-state index contributed by atoms with van der Waals surface area (Å²) in [7, 11) is 0. The van der Waals surface area contributed by atoms with Crippen molar-refractivity contribution in [3.05, 3.63) is 46.4 Å². The quantitative estimate of drug-likeness (QED) is 0.906. The minimum absolute atomic E-state index is 0.139. The summed E-state index contributed by atoms with van der Waals surface area (Å²) in [5, 5.41) is 6.42. The van der Waals surface area contributed by atoms with Crippen molar-refractivity contribution >= 4 is 11.3 Å². The maximum Gasteiger partial charge on any atom is 0.140 e. The minimum Gasteiger partial charge on any atom is -0.486 e. The van der Waals surface area contributed by atoms with Crippen LogP contribution >= 0.6 is 11.3 Å². The molecule has 0 atom stereocenters. The highest BCUT2D eigenvalue weighted by atomic mass is 32.1. The fraction of sp³-hybridized carbons (Fsp3) is 0.400. The molecule has 1 N–H and O–H groups in total. The maximum absolute atomic E-state index is 5.68. The second-order valence-corrected chi connectivity index (χ2v) is 6.44. The Morgan fingerprint density at radius 1 is 1.21 bits per heavy atom. The van der Waals surface area contributed by atoms with Gasteiger partial charge in [-0.15, -0.1) is 11.3 Å². The van der Waals surface area contributed by atoms with Crippen LogP contribution in [0.1, 0.15) is 31.3 Å². The lowest BCUT2D eigenvalue weighted by Gasteiger charge is -2.20. The molecule has 2 rings (SSSR count). The third-order valence-electron chi connectivity index (χ3n) is 2.59. The molecule has 0 fully saturated rings. The second-order valence-electron chi connectivity index (χ2n) is 5.46. The summed E-state index contributed by atoms with van der Waals surface area (Å²) in [6.45, 7) is 7.91. The second kappa shape index (κ2) is 6.17. The summed E-state index contributed by atoms with van der Waals surface area (Å²) in [5.74, 6) is 0.884. The van der Waals surface area contributed by atoms with Gasteiger partial charge in [-0.1, -0.05) is 12.1 Å². The van der Waals surface area contributed by atoms with E-state index in [9.17, 15) is 0 Å². The predicted molar refractivity (Wildman–Crippen MR) is 79.5 cm³/mol. The summed E-state index contributed by atoms with van der Waals surface area (Å²) in [4.78, 5) is 4.19. The van der Waals surface area contributed by atoms with E-state index in [4.69, 9.17) is 4.74 Å². The van der Waals surface area contributed by atoms with Gasteiger partial charge in [-0.3, -0.25) is 0 Å². The summed E-state index contributed by atoms with van der Waals surface area (Å²) in [6, 6.07) is 8.20. The highest BCUT2D eigenvalue weighted by Gasteiger charge is 2.08. The Morgan fingerprint density at radius 3 is 2.53 bits per heavy atom. The molecule has 0 saturated heterocycles. The van der Waals surface area contributed by atoms with Crippen molar-refractivity contribution in [2.45, 2.75) is 39.5 Å². The van der Waals surface area contributed by atoms with Crippen LogP contribution in [0.15, 0.2) is 35.8 Å². The number of hydrogen-bond acceptors (Lipinski definition) is 4. The average Bonchev–Trinajstić information content (AvgIpc) is 2.87. The van der Waals surface area contributed by atoms with Crippen LogP contribution in [0.5, 0.6) is 5.75 Å². The van der Waals surface area contributed by atoms with Crippen LogP contribution in [-0.4, -0.2) is 10.5 Å². The summed E-state index contributed by atoms with van der Waals surface area (Å²) >= 11 is 1.61. The number of aromatic nitrogens is 1. The lowest BCUT2D eigenvalue weighted by molar-refractivity contribution is 0.305. The van der Waals surface area contributed by atoms with Crippen molar-refractivity contribution in [1.82, 2.24) is 10.3 Å². The Balaban J connectivity index is 1.84. The van der Waals surface area contributed by atoms with E-state index in [0.717, 1.165) is 17.3 Å². The number of benzene rings is 1. The van der Waals surface area contributed by atoms with Gasteiger partial charge in [0.1, 0.15) is 17.4 Å². The van der Waals surface area contributed by atoms with Gasteiger partial charge in [-0.25, -0.2) is 4.98 Å². The van der Waals surface area contributed by atoms with E-state index in [1.807, 2.05) is 17.5 Å². The van der Waals surface area contributed by atoms with Gasteiger partial charge in [0.2, 0.25) is 0 Å². The highest BCUT2D eigenvalue weighted by Crippen LogP contribution is 2.15. The Kier molecular flexibility index (Phi) is 4.56.